The van der Waals surface area contributed by atoms with Gasteiger partial charge in [0.1, 0.15) is 0 Å². The third-order valence-corrected chi connectivity index (χ3v) is 3.37. The van der Waals surface area contributed by atoms with Gasteiger partial charge >= 0.3 is 5.97 Å². The first-order valence-electron chi connectivity index (χ1n) is 6.85. The van der Waals surface area contributed by atoms with Crippen molar-refractivity contribution in [2.45, 2.75) is 38.4 Å². The van der Waals surface area contributed by atoms with Gasteiger partial charge in [-0.2, -0.15) is 0 Å². The molecule has 0 saturated heterocycles. The summed E-state index contributed by atoms with van der Waals surface area (Å²) < 4.78 is 16.0. The van der Waals surface area contributed by atoms with Gasteiger partial charge in [-0.3, -0.25) is 0 Å². The first kappa shape index (κ1) is 14.7. The molecule has 1 aromatic rings. The predicted octanol–water partition coefficient (Wildman–Crippen LogP) is 2.22. The summed E-state index contributed by atoms with van der Waals surface area (Å²) in [6.07, 6.45) is 1.86. The number of rotatable bonds is 6. The van der Waals surface area contributed by atoms with Gasteiger partial charge in [0, 0.05) is 5.56 Å². The number of aliphatic hydroxyl groups is 1. The molecule has 1 unspecified atom stereocenters. The first-order valence-corrected chi connectivity index (χ1v) is 6.85. The maximum absolute atomic E-state index is 11.7. The van der Waals surface area contributed by atoms with Crippen molar-refractivity contribution in [2.24, 2.45) is 0 Å². The number of aliphatic hydroxyl groups excluding tert-OH is 1. The number of ether oxygens (including phenoxy) is 3. The summed E-state index contributed by atoms with van der Waals surface area (Å²) in [6.45, 7) is 1.92. The normalized spacial score (nSPS) is 16.1. The molecule has 0 aliphatic heterocycles. The van der Waals surface area contributed by atoms with Crippen LogP contribution in [0.2, 0.25) is 0 Å². The Morgan fingerprint density at radius 3 is 2.75 bits per heavy atom. The topological polar surface area (TPSA) is 65.0 Å². The average molecular weight is 280 g/mol. The Bertz CT molecular complexity index is 467. The lowest BCUT2D eigenvalue weighted by molar-refractivity contribution is -0.153. The molecular formula is C15H20O5. The van der Waals surface area contributed by atoms with E-state index in [4.69, 9.17) is 14.2 Å². The third kappa shape index (κ3) is 3.04. The number of benzene rings is 1. The van der Waals surface area contributed by atoms with E-state index >= 15 is 0 Å². The summed E-state index contributed by atoms with van der Waals surface area (Å²) in [6, 6.07) is 5.11. The van der Waals surface area contributed by atoms with Gasteiger partial charge in [-0.15, -0.1) is 0 Å². The van der Waals surface area contributed by atoms with Gasteiger partial charge in [0.25, 0.3) is 0 Å². The monoisotopic (exact) mass is 280 g/mol. The van der Waals surface area contributed by atoms with E-state index in [0.717, 1.165) is 19.3 Å². The number of para-hydroxylation sites is 1. The van der Waals surface area contributed by atoms with Crippen LogP contribution >= 0.6 is 0 Å². The Kier molecular flexibility index (Phi) is 4.84. The van der Waals surface area contributed by atoms with Crippen LogP contribution in [-0.2, 0) is 9.53 Å². The van der Waals surface area contributed by atoms with E-state index in [2.05, 4.69) is 0 Å². The molecular weight excluding hydrogens is 260 g/mol. The molecule has 0 radical (unpaired) electrons. The first-order chi connectivity index (χ1) is 9.67. The molecule has 0 amide bonds. The molecule has 5 heteroatoms. The minimum Gasteiger partial charge on any atom is -0.493 e. The summed E-state index contributed by atoms with van der Waals surface area (Å²) in [5, 5.41) is 10.1. The molecule has 5 nitrogen and oxygen atoms in total. The van der Waals surface area contributed by atoms with E-state index in [-0.39, 0.29) is 12.7 Å². The van der Waals surface area contributed by atoms with E-state index in [1.54, 1.807) is 25.1 Å². The Labute approximate surface area is 118 Å². The van der Waals surface area contributed by atoms with Crippen LogP contribution < -0.4 is 9.47 Å². The molecule has 0 heterocycles. The largest absolute Gasteiger partial charge is 0.493 e. The van der Waals surface area contributed by atoms with Crippen molar-refractivity contribution < 1.29 is 24.1 Å². The SMILES string of the molecule is CCOC(=O)C(O)c1cccc(OC)c1OC1CCC1. The molecule has 2 rings (SSSR count). The van der Waals surface area contributed by atoms with Crippen molar-refractivity contribution in [3.05, 3.63) is 23.8 Å². The second-order valence-electron chi connectivity index (χ2n) is 4.70. The average Bonchev–Trinajstić information content (AvgIpc) is 2.42. The fourth-order valence-electron chi connectivity index (χ4n) is 2.04. The van der Waals surface area contributed by atoms with Gasteiger partial charge in [-0.05, 0) is 32.3 Å². The molecule has 1 aliphatic carbocycles. The van der Waals surface area contributed by atoms with Gasteiger partial charge < -0.3 is 19.3 Å². The lowest BCUT2D eigenvalue weighted by Gasteiger charge is -2.28. The maximum Gasteiger partial charge on any atom is 0.339 e. The molecule has 1 N–H and O–H groups in total. The molecule has 0 bridgehead atoms. The van der Waals surface area contributed by atoms with Gasteiger partial charge in [0.15, 0.2) is 17.6 Å². The van der Waals surface area contributed by atoms with Crippen LogP contribution in [-0.4, -0.2) is 30.9 Å². The van der Waals surface area contributed by atoms with E-state index in [9.17, 15) is 9.90 Å². The second-order valence-corrected chi connectivity index (χ2v) is 4.70. The van der Waals surface area contributed by atoms with Crippen LogP contribution in [0.3, 0.4) is 0 Å². The lowest BCUT2D eigenvalue weighted by atomic mass is 9.96. The molecule has 1 atom stereocenters. The molecule has 20 heavy (non-hydrogen) atoms. The molecule has 1 aliphatic rings. The number of esters is 1. The van der Waals surface area contributed by atoms with E-state index in [1.807, 2.05) is 0 Å². The summed E-state index contributed by atoms with van der Waals surface area (Å²) in [5.41, 5.74) is 0.384. The molecule has 1 fully saturated rings. The Morgan fingerprint density at radius 1 is 1.45 bits per heavy atom. The molecule has 1 saturated carbocycles. The van der Waals surface area contributed by atoms with Crippen molar-refractivity contribution >= 4 is 5.97 Å². The van der Waals surface area contributed by atoms with Gasteiger partial charge in [0.05, 0.1) is 19.8 Å². The number of carbonyl (C=O) groups is 1. The highest BCUT2D eigenvalue weighted by atomic mass is 16.5. The zero-order chi connectivity index (χ0) is 14.5. The van der Waals surface area contributed by atoms with Crippen LogP contribution in [0.25, 0.3) is 0 Å². The van der Waals surface area contributed by atoms with Crippen LogP contribution in [0.15, 0.2) is 18.2 Å². The lowest BCUT2D eigenvalue weighted by Crippen LogP contribution is -2.26. The molecule has 110 valence electrons. The zero-order valence-corrected chi connectivity index (χ0v) is 11.8. The van der Waals surface area contributed by atoms with Crippen LogP contribution in [0.4, 0.5) is 0 Å². The van der Waals surface area contributed by atoms with Crippen molar-refractivity contribution in [1.82, 2.24) is 0 Å². The van der Waals surface area contributed by atoms with E-state index in [1.165, 1.54) is 7.11 Å². The van der Waals surface area contributed by atoms with Gasteiger partial charge in [0.2, 0.25) is 0 Å². The Balaban J connectivity index is 2.27. The van der Waals surface area contributed by atoms with Gasteiger partial charge in [-0.1, -0.05) is 12.1 Å². The fourth-order valence-corrected chi connectivity index (χ4v) is 2.04. The quantitative estimate of drug-likeness (QED) is 0.809. The highest BCUT2D eigenvalue weighted by Crippen LogP contribution is 2.38. The van der Waals surface area contributed by atoms with Gasteiger partial charge in [-0.25, -0.2) is 4.79 Å². The van der Waals surface area contributed by atoms with E-state index < -0.39 is 12.1 Å². The summed E-state index contributed by atoms with van der Waals surface area (Å²) in [4.78, 5) is 11.7. The smallest absolute Gasteiger partial charge is 0.339 e. The van der Waals surface area contributed by atoms with Crippen molar-refractivity contribution in [3.63, 3.8) is 0 Å². The highest BCUT2D eigenvalue weighted by molar-refractivity contribution is 5.77. The number of carbonyl (C=O) groups excluding carboxylic acids is 1. The Hall–Kier alpha value is -1.75. The van der Waals surface area contributed by atoms with Crippen molar-refractivity contribution in [2.75, 3.05) is 13.7 Å². The molecule has 0 aromatic heterocycles. The third-order valence-electron chi connectivity index (χ3n) is 3.37. The van der Waals surface area contributed by atoms with E-state index in [0.29, 0.717) is 17.1 Å². The Morgan fingerprint density at radius 2 is 2.20 bits per heavy atom. The summed E-state index contributed by atoms with van der Waals surface area (Å²) in [7, 11) is 1.53. The summed E-state index contributed by atoms with van der Waals surface area (Å²) >= 11 is 0. The summed E-state index contributed by atoms with van der Waals surface area (Å²) in [5.74, 6) is 0.261. The highest BCUT2D eigenvalue weighted by Gasteiger charge is 2.28. The zero-order valence-electron chi connectivity index (χ0n) is 11.8. The van der Waals surface area contributed by atoms with Crippen LogP contribution in [0, 0.1) is 0 Å². The number of methoxy groups -OCH3 is 1. The number of hydrogen-bond donors (Lipinski definition) is 1. The van der Waals surface area contributed by atoms with Crippen molar-refractivity contribution in [3.8, 4) is 11.5 Å². The standard InChI is InChI=1S/C15H20O5/c1-3-19-15(17)13(16)11-8-5-9-12(18-2)14(11)20-10-6-4-7-10/h5,8-10,13,16H,3-4,6-7H2,1-2H3. The minimum atomic E-state index is -1.36. The van der Waals surface area contributed by atoms with Crippen molar-refractivity contribution in [1.29, 1.82) is 0 Å². The predicted molar refractivity (Wildman–Crippen MR) is 72.9 cm³/mol. The minimum absolute atomic E-state index is 0.124. The number of hydrogen-bond acceptors (Lipinski definition) is 5. The fraction of sp³-hybridized carbons (Fsp3) is 0.533. The van der Waals surface area contributed by atoms with Crippen LogP contribution in [0.1, 0.15) is 37.9 Å². The maximum atomic E-state index is 11.7. The van der Waals surface area contributed by atoms with Crippen LogP contribution in [0.5, 0.6) is 11.5 Å². The second kappa shape index (κ2) is 6.61. The molecule has 1 aromatic carbocycles. The molecule has 0 spiro atoms.